The van der Waals surface area contributed by atoms with Gasteiger partial charge in [0, 0.05) is 11.5 Å². The lowest BCUT2D eigenvalue weighted by molar-refractivity contribution is -0.136. The summed E-state index contributed by atoms with van der Waals surface area (Å²) in [6, 6.07) is 6.14. The lowest BCUT2D eigenvalue weighted by Crippen LogP contribution is -2.15. The van der Waals surface area contributed by atoms with Crippen LogP contribution in [-0.2, 0) is 22.4 Å². The standard InChI is InChI=1S/C13H12N2O4/c14-10(16)5-7-1-2-8(6-12(18)19)13-9(7)3-4-11(17)15-13/h1-4H,5-6H2,(H2,14,16)(H,15,17)(H,18,19). The minimum atomic E-state index is -0.992. The number of pyridine rings is 1. The molecule has 19 heavy (non-hydrogen) atoms. The maximum atomic E-state index is 11.4. The maximum absolute atomic E-state index is 11.4. The molecule has 1 amide bonds. The molecule has 0 spiro atoms. The highest BCUT2D eigenvalue weighted by atomic mass is 16.4. The topological polar surface area (TPSA) is 113 Å². The average Bonchev–Trinajstić information content (AvgIpc) is 2.31. The average molecular weight is 260 g/mol. The fourth-order valence-corrected chi connectivity index (χ4v) is 2.02. The second-order valence-corrected chi connectivity index (χ2v) is 4.21. The van der Waals surface area contributed by atoms with Crippen LogP contribution in [-0.4, -0.2) is 22.0 Å². The number of aliphatic carboxylic acids is 1. The van der Waals surface area contributed by atoms with E-state index in [-0.39, 0.29) is 18.4 Å². The third-order valence-corrected chi connectivity index (χ3v) is 2.78. The molecule has 1 aromatic carbocycles. The molecule has 98 valence electrons. The molecule has 6 heteroatoms. The number of aromatic nitrogens is 1. The van der Waals surface area contributed by atoms with Crippen LogP contribution in [0, 0.1) is 0 Å². The summed E-state index contributed by atoms with van der Waals surface area (Å²) in [7, 11) is 0. The van der Waals surface area contributed by atoms with Crippen molar-refractivity contribution in [3.63, 3.8) is 0 Å². The molecule has 2 rings (SSSR count). The summed E-state index contributed by atoms with van der Waals surface area (Å²) in [6.45, 7) is 0. The van der Waals surface area contributed by atoms with Gasteiger partial charge in [-0.1, -0.05) is 12.1 Å². The van der Waals surface area contributed by atoms with Crippen LogP contribution >= 0.6 is 0 Å². The molecule has 0 aliphatic heterocycles. The molecule has 6 nitrogen and oxygen atoms in total. The van der Waals surface area contributed by atoms with Crippen molar-refractivity contribution in [1.82, 2.24) is 4.98 Å². The van der Waals surface area contributed by atoms with E-state index in [1.54, 1.807) is 18.2 Å². The number of fused-ring (bicyclic) bond motifs is 1. The van der Waals surface area contributed by atoms with Gasteiger partial charge in [-0.15, -0.1) is 0 Å². The van der Waals surface area contributed by atoms with Gasteiger partial charge in [-0.2, -0.15) is 0 Å². The number of carboxylic acids is 1. The summed E-state index contributed by atoms with van der Waals surface area (Å²) in [5.74, 6) is -1.48. The Morgan fingerprint density at radius 2 is 1.79 bits per heavy atom. The van der Waals surface area contributed by atoms with E-state index in [0.29, 0.717) is 22.0 Å². The van der Waals surface area contributed by atoms with Gasteiger partial charge in [-0.3, -0.25) is 14.4 Å². The normalized spacial score (nSPS) is 10.5. The number of hydrogen-bond donors (Lipinski definition) is 3. The van der Waals surface area contributed by atoms with Crippen molar-refractivity contribution in [1.29, 1.82) is 0 Å². The zero-order chi connectivity index (χ0) is 14.0. The quantitative estimate of drug-likeness (QED) is 0.727. The number of aromatic amines is 1. The molecule has 0 saturated heterocycles. The molecule has 1 aromatic heterocycles. The fraction of sp³-hybridized carbons (Fsp3) is 0.154. The van der Waals surface area contributed by atoms with Gasteiger partial charge in [0.1, 0.15) is 0 Å². The molecule has 4 N–H and O–H groups in total. The number of carbonyl (C=O) groups excluding carboxylic acids is 1. The Morgan fingerprint density at radius 1 is 1.11 bits per heavy atom. The van der Waals surface area contributed by atoms with E-state index < -0.39 is 11.9 Å². The van der Waals surface area contributed by atoms with Crippen LogP contribution in [0.3, 0.4) is 0 Å². The predicted octanol–water partition coefficient (Wildman–Crippen LogP) is 0.183. The van der Waals surface area contributed by atoms with Crippen LogP contribution < -0.4 is 11.3 Å². The van der Waals surface area contributed by atoms with E-state index in [1.165, 1.54) is 6.07 Å². The Hall–Kier alpha value is -2.63. The number of benzene rings is 1. The molecule has 0 fully saturated rings. The summed E-state index contributed by atoms with van der Waals surface area (Å²) in [5.41, 5.74) is 6.43. The van der Waals surface area contributed by atoms with Gasteiger partial charge >= 0.3 is 5.97 Å². The molecule has 0 radical (unpaired) electrons. The summed E-state index contributed by atoms with van der Waals surface area (Å²) in [6.07, 6.45) is -0.163. The molecule has 0 unspecified atom stereocenters. The monoisotopic (exact) mass is 260 g/mol. The minimum absolute atomic E-state index is 0.0376. The number of nitrogens with one attached hydrogen (secondary N) is 1. The molecule has 0 atom stereocenters. The van der Waals surface area contributed by atoms with Crippen LogP contribution in [0.25, 0.3) is 10.9 Å². The number of nitrogens with two attached hydrogens (primary N) is 1. The Labute approximate surface area is 107 Å². The van der Waals surface area contributed by atoms with Crippen LogP contribution in [0.1, 0.15) is 11.1 Å². The lowest BCUT2D eigenvalue weighted by atomic mass is 10.00. The Balaban J connectivity index is 2.67. The first-order valence-electron chi connectivity index (χ1n) is 5.61. The molecule has 0 aliphatic carbocycles. The highest BCUT2D eigenvalue weighted by Crippen LogP contribution is 2.21. The van der Waals surface area contributed by atoms with E-state index in [2.05, 4.69) is 4.98 Å². The van der Waals surface area contributed by atoms with Crippen molar-refractivity contribution in [2.24, 2.45) is 5.73 Å². The highest BCUT2D eigenvalue weighted by Gasteiger charge is 2.11. The second-order valence-electron chi connectivity index (χ2n) is 4.21. The van der Waals surface area contributed by atoms with Crippen LogP contribution in [0.4, 0.5) is 0 Å². The first-order chi connectivity index (χ1) is 8.97. The van der Waals surface area contributed by atoms with Crippen molar-refractivity contribution in [3.05, 3.63) is 45.7 Å². The first-order valence-corrected chi connectivity index (χ1v) is 5.61. The number of primary amides is 1. The summed E-state index contributed by atoms with van der Waals surface area (Å²) < 4.78 is 0. The summed E-state index contributed by atoms with van der Waals surface area (Å²) >= 11 is 0. The number of hydrogen-bond acceptors (Lipinski definition) is 3. The number of amides is 1. The van der Waals surface area contributed by atoms with Crippen LogP contribution in [0.5, 0.6) is 0 Å². The second kappa shape index (κ2) is 4.93. The van der Waals surface area contributed by atoms with Gasteiger partial charge < -0.3 is 15.8 Å². The van der Waals surface area contributed by atoms with Crippen molar-refractivity contribution < 1.29 is 14.7 Å². The smallest absolute Gasteiger partial charge is 0.307 e. The molecule has 0 aliphatic rings. The largest absolute Gasteiger partial charge is 0.481 e. The summed E-state index contributed by atoms with van der Waals surface area (Å²) in [4.78, 5) is 35.8. The molecular formula is C13H12N2O4. The van der Waals surface area contributed by atoms with Crippen molar-refractivity contribution in [2.75, 3.05) is 0 Å². The molecule has 0 saturated carbocycles. The van der Waals surface area contributed by atoms with Crippen LogP contribution in [0.15, 0.2) is 29.1 Å². The van der Waals surface area contributed by atoms with E-state index in [9.17, 15) is 14.4 Å². The van der Waals surface area contributed by atoms with E-state index in [4.69, 9.17) is 10.8 Å². The van der Waals surface area contributed by atoms with Gasteiger partial charge in [-0.25, -0.2) is 0 Å². The van der Waals surface area contributed by atoms with E-state index in [1.807, 2.05) is 0 Å². The molecular weight excluding hydrogens is 248 g/mol. The van der Waals surface area contributed by atoms with Gasteiger partial charge in [0.2, 0.25) is 11.5 Å². The third kappa shape index (κ3) is 2.79. The zero-order valence-corrected chi connectivity index (χ0v) is 9.97. The van der Waals surface area contributed by atoms with Crippen LogP contribution in [0.2, 0.25) is 0 Å². The fourth-order valence-electron chi connectivity index (χ4n) is 2.02. The Kier molecular flexibility index (Phi) is 3.33. The van der Waals surface area contributed by atoms with Gasteiger partial charge in [0.05, 0.1) is 18.4 Å². The third-order valence-electron chi connectivity index (χ3n) is 2.78. The number of carboxylic acid groups (broad SMARTS) is 1. The minimum Gasteiger partial charge on any atom is -0.481 e. The SMILES string of the molecule is NC(=O)Cc1ccc(CC(=O)O)c2[nH]c(=O)ccc12. The lowest BCUT2D eigenvalue weighted by Gasteiger charge is -2.08. The van der Waals surface area contributed by atoms with E-state index in [0.717, 1.165) is 0 Å². The van der Waals surface area contributed by atoms with Gasteiger partial charge in [0.25, 0.3) is 0 Å². The predicted molar refractivity (Wildman–Crippen MR) is 68.8 cm³/mol. The van der Waals surface area contributed by atoms with Crippen molar-refractivity contribution in [3.8, 4) is 0 Å². The Bertz CT molecular complexity index is 718. The van der Waals surface area contributed by atoms with Gasteiger partial charge in [0.15, 0.2) is 0 Å². The first kappa shape index (κ1) is 12.8. The summed E-state index contributed by atoms with van der Waals surface area (Å²) in [5, 5.41) is 9.48. The molecule has 1 heterocycles. The van der Waals surface area contributed by atoms with Gasteiger partial charge in [-0.05, 0) is 17.2 Å². The number of rotatable bonds is 4. The number of carbonyl (C=O) groups is 2. The van der Waals surface area contributed by atoms with Crippen molar-refractivity contribution >= 4 is 22.8 Å². The highest BCUT2D eigenvalue weighted by molar-refractivity contribution is 5.91. The Morgan fingerprint density at radius 3 is 2.42 bits per heavy atom. The zero-order valence-electron chi connectivity index (χ0n) is 9.97. The maximum Gasteiger partial charge on any atom is 0.307 e. The van der Waals surface area contributed by atoms with E-state index >= 15 is 0 Å². The number of H-pyrrole nitrogens is 1. The molecule has 2 aromatic rings. The van der Waals surface area contributed by atoms with Crippen molar-refractivity contribution in [2.45, 2.75) is 12.8 Å². The molecule has 0 bridgehead atoms.